The number of rotatable bonds is 3. The molecule has 2 nitrogen and oxygen atoms in total. The van der Waals surface area contributed by atoms with Crippen LogP contribution in [0.2, 0.25) is 0 Å². The Morgan fingerprint density at radius 2 is 1.93 bits per heavy atom. The molecule has 2 N–H and O–H groups in total. The Kier molecular flexibility index (Phi) is 3.83. The summed E-state index contributed by atoms with van der Waals surface area (Å²) in [5.74, 6) is 0.799. The average Bonchev–Trinajstić information content (AvgIpc) is 1.95. The van der Waals surface area contributed by atoms with Crippen LogP contribution in [0.25, 0.3) is 0 Å². The van der Waals surface area contributed by atoms with E-state index in [-0.39, 0.29) is 0 Å². The lowest BCUT2D eigenvalue weighted by Gasteiger charge is -2.40. The van der Waals surface area contributed by atoms with Crippen molar-refractivity contribution in [2.24, 2.45) is 11.3 Å². The van der Waals surface area contributed by atoms with E-state index in [0.29, 0.717) is 18.0 Å². The summed E-state index contributed by atoms with van der Waals surface area (Å²) in [5.41, 5.74) is -0.139. The highest BCUT2D eigenvalue weighted by molar-refractivity contribution is 4.87. The maximum atomic E-state index is 9.68. The predicted molar refractivity (Wildman–Crippen MR) is 64.9 cm³/mol. The molecular formula is C13H27NO. The summed E-state index contributed by atoms with van der Waals surface area (Å²) in [4.78, 5) is 0. The van der Waals surface area contributed by atoms with Crippen molar-refractivity contribution in [3.8, 4) is 0 Å². The third-order valence-corrected chi connectivity index (χ3v) is 3.21. The van der Waals surface area contributed by atoms with Crippen LogP contribution in [0.4, 0.5) is 0 Å². The molecule has 0 heterocycles. The molecule has 0 aromatic heterocycles. The monoisotopic (exact) mass is 213 g/mol. The van der Waals surface area contributed by atoms with Gasteiger partial charge in [0.1, 0.15) is 0 Å². The Morgan fingerprint density at radius 3 is 2.40 bits per heavy atom. The quantitative estimate of drug-likeness (QED) is 0.755. The molecule has 1 rings (SSSR count). The second-order valence-corrected chi connectivity index (χ2v) is 6.80. The lowest BCUT2D eigenvalue weighted by atomic mass is 9.70. The van der Waals surface area contributed by atoms with Gasteiger partial charge < -0.3 is 10.4 Å². The molecule has 0 aromatic rings. The molecule has 1 saturated carbocycles. The molecule has 0 amide bonds. The molecule has 0 aliphatic heterocycles. The highest BCUT2D eigenvalue weighted by Gasteiger charge is 2.32. The van der Waals surface area contributed by atoms with Gasteiger partial charge in [-0.25, -0.2) is 0 Å². The molecule has 90 valence electrons. The van der Waals surface area contributed by atoms with Crippen LogP contribution in [-0.4, -0.2) is 23.3 Å². The van der Waals surface area contributed by atoms with Crippen LogP contribution in [0.5, 0.6) is 0 Å². The van der Waals surface area contributed by atoms with Crippen molar-refractivity contribution in [1.29, 1.82) is 0 Å². The Balaban J connectivity index is 2.42. The third kappa shape index (κ3) is 4.98. The first-order valence-electron chi connectivity index (χ1n) is 6.14. The van der Waals surface area contributed by atoms with Crippen LogP contribution >= 0.6 is 0 Å². The van der Waals surface area contributed by atoms with Crippen LogP contribution in [0.15, 0.2) is 0 Å². The zero-order valence-electron chi connectivity index (χ0n) is 10.9. The van der Waals surface area contributed by atoms with Crippen molar-refractivity contribution in [2.45, 2.75) is 65.5 Å². The Hall–Kier alpha value is -0.0800. The van der Waals surface area contributed by atoms with Crippen LogP contribution in [0, 0.1) is 11.3 Å². The smallest absolute Gasteiger partial charge is 0.0715 e. The predicted octanol–water partition coefficient (Wildman–Crippen LogP) is 2.56. The second kappa shape index (κ2) is 4.42. The molecule has 1 aliphatic rings. The molecule has 15 heavy (non-hydrogen) atoms. The molecule has 0 spiro atoms. The summed E-state index contributed by atoms with van der Waals surface area (Å²) in [7, 11) is 0. The number of nitrogens with one attached hydrogen (secondary N) is 1. The van der Waals surface area contributed by atoms with Crippen molar-refractivity contribution in [3.05, 3.63) is 0 Å². The second-order valence-electron chi connectivity index (χ2n) is 6.80. The first-order chi connectivity index (χ1) is 6.68. The molecule has 2 unspecified atom stereocenters. The fourth-order valence-electron chi connectivity index (χ4n) is 2.90. The van der Waals surface area contributed by atoms with Gasteiger partial charge in [0.2, 0.25) is 0 Å². The number of hydrogen-bond donors (Lipinski definition) is 2. The molecule has 1 fully saturated rings. The van der Waals surface area contributed by atoms with E-state index in [1.165, 1.54) is 19.3 Å². The SMILES string of the molecule is CC1CC(NCC(C)(C)O)CC(C)(C)C1. The van der Waals surface area contributed by atoms with Gasteiger partial charge in [-0.2, -0.15) is 0 Å². The van der Waals surface area contributed by atoms with Gasteiger partial charge in [0.15, 0.2) is 0 Å². The van der Waals surface area contributed by atoms with Crippen molar-refractivity contribution in [1.82, 2.24) is 5.32 Å². The van der Waals surface area contributed by atoms with E-state index >= 15 is 0 Å². The molecule has 0 radical (unpaired) electrons. The van der Waals surface area contributed by atoms with Crippen molar-refractivity contribution in [3.63, 3.8) is 0 Å². The summed E-state index contributed by atoms with van der Waals surface area (Å²) in [6.45, 7) is 11.4. The average molecular weight is 213 g/mol. The standard InChI is InChI=1S/C13H27NO/c1-10-6-11(8-12(2,3)7-10)14-9-13(4,5)15/h10-11,14-15H,6-9H2,1-5H3. The zero-order valence-corrected chi connectivity index (χ0v) is 10.9. The highest BCUT2D eigenvalue weighted by Crippen LogP contribution is 2.38. The van der Waals surface area contributed by atoms with E-state index in [1.54, 1.807) is 0 Å². The topological polar surface area (TPSA) is 32.3 Å². The van der Waals surface area contributed by atoms with Crippen LogP contribution in [0.1, 0.15) is 53.9 Å². The largest absolute Gasteiger partial charge is 0.389 e. The van der Waals surface area contributed by atoms with Crippen molar-refractivity contribution >= 4 is 0 Å². The van der Waals surface area contributed by atoms with Crippen molar-refractivity contribution in [2.75, 3.05) is 6.54 Å². The molecular weight excluding hydrogens is 186 g/mol. The number of hydrogen-bond acceptors (Lipinski definition) is 2. The van der Waals surface area contributed by atoms with Crippen molar-refractivity contribution < 1.29 is 5.11 Å². The fraction of sp³-hybridized carbons (Fsp3) is 1.00. The summed E-state index contributed by atoms with van der Waals surface area (Å²) >= 11 is 0. The van der Waals surface area contributed by atoms with Crippen LogP contribution < -0.4 is 5.32 Å². The van der Waals surface area contributed by atoms with Gasteiger partial charge in [0, 0.05) is 12.6 Å². The van der Waals surface area contributed by atoms with E-state index < -0.39 is 5.60 Å². The minimum Gasteiger partial charge on any atom is -0.389 e. The Morgan fingerprint density at radius 1 is 1.33 bits per heavy atom. The Labute approximate surface area is 94.5 Å². The molecule has 2 heteroatoms. The summed E-state index contributed by atoms with van der Waals surface area (Å²) in [6, 6.07) is 0.579. The van der Waals surface area contributed by atoms with Gasteiger partial charge >= 0.3 is 0 Å². The van der Waals surface area contributed by atoms with Gasteiger partial charge in [-0.05, 0) is 44.4 Å². The van der Waals surface area contributed by atoms with Gasteiger partial charge in [0.25, 0.3) is 0 Å². The summed E-state index contributed by atoms with van der Waals surface area (Å²) in [5, 5.41) is 13.2. The van der Waals surface area contributed by atoms with Gasteiger partial charge in [0.05, 0.1) is 5.60 Å². The summed E-state index contributed by atoms with van der Waals surface area (Å²) < 4.78 is 0. The van der Waals surface area contributed by atoms with E-state index in [4.69, 9.17) is 0 Å². The Bertz CT molecular complexity index is 205. The third-order valence-electron chi connectivity index (χ3n) is 3.21. The highest BCUT2D eigenvalue weighted by atomic mass is 16.3. The molecule has 0 saturated heterocycles. The van der Waals surface area contributed by atoms with E-state index in [2.05, 4.69) is 26.1 Å². The maximum absolute atomic E-state index is 9.68. The maximum Gasteiger partial charge on any atom is 0.0715 e. The molecule has 0 aromatic carbocycles. The molecule has 0 bridgehead atoms. The van der Waals surface area contributed by atoms with E-state index in [9.17, 15) is 5.11 Å². The van der Waals surface area contributed by atoms with Gasteiger partial charge in [-0.15, -0.1) is 0 Å². The summed E-state index contributed by atoms with van der Waals surface area (Å²) in [6.07, 6.45) is 3.81. The number of aliphatic hydroxyl groups is 1. The first-order valence-corrected chi connectivity index (χ1v) is 6.14. The lowest BCUT2D eigenvalue weighted by molar-refractivity contribution is 0.0654. The molecule has 1 aliphatic carbocycles. The lowest BCUT2D eigenvalue weighted by Crippen LogP contribution is -2.45. The minimum atomic E-state index is -0.592. The fourth-order valence-corrected chi connectivity index (χ4v) is 2.90. The zero-order chi connectivity index (χ0) is 11.7. The van der Waals surface area contributed by atoms with Gasteiger partial charge in [-0.1, -0.05) is 20.8 Å². The van der Waals surface area contributed by atoms with E-state index in [1.807, 2.05) is 13.8 Å². The van der Waals surface area contributed by atoms with E-state index in [0.717, 1.165) is 5.92 Å². The van der Waals surface area contributed by atoms with Gasteiger partial charge in [-0.3, -0.25) is 0 Å². The molecule has 2 atom stereocenters. The normalized spacial score (nSPS) is 31.6. The van der Waals surface area contributed by atoms with Crippen LogP contribution in [-0.2, 0) is 0 Å². The first kappa shape index (κ1) is 13.0. The minimum absolute atomic E-state index is 0.453. The van der Waals surface area contributed by atoms with Crippen LogP contribution in [0.3, 0.4) is 0 Å².